The van der Waals surface area contributed by atoms with Crippen LogP contribution in [-0.4, -0.2) is 0 Å². The maximum Gasteiger partial charge on any atom is 0.136 e. The molecular formula is C59H43NO. The first-order valence-electron chi connectivity index (χ1n) is 21.3. The number of nitrogens with zero attached hydrogens (tertiary/aromatic N) is 1. The Morgan fingerprint density at radius 2 is 1.00 bits per heavy atom. The van der Waals surface area contributed by atoms with Crippen molar-refractivity contribution in [3.63, 3.8) is 0 Å². The van der Waals surface area contributed by atoms with Crippen LogP contribution in [0.1, 0.15) is 48.6 Å². The molecule has 290 valence electrons. The summed E-state index contributed by atoms with van der Waals surface area (Å²) in [6, 6.07) is 75.8. The van der Waals surface area contributed by atoms with Crippen molar-refractivity contribution in [2.24, 2.45) is 0 Å². The van der Waals surface area contributed by atoms with Crippen LogP contribution in [0.3, 0.4) is 0 Å². The normalized spacial score (nSPS) is 15.7. The summed E-state index contributed by atoms with van der Waals surface area (Å²) < 4.78 is 6.38. The molecule has 10 aromatic rings. The van der Waals surface area contributed by atoms with Crippen molar-refractivity contribution in [3.8, 4) is 44.5 Å². The third kappa shape index (κ3) is 5.22. The van der Waals surface area contributed by atoms with E-state index in [-0.39, 0.29) is 10.8 Å². The fourth-order valence-electron chi connectivity index (χ4n) is 10.7. The van der Waals surface area contributed by atoms with Gasteiger partial charge in [0, 0.05) is 38.5 Å². The molecule has 2 heteroatoms. The monoisotopic (exact) mass is 781 g/mol. The van der Waals surface area contributed by atoms with E-state index in [1.807, 2.05) is 12.1 Å². The van der Waals surface area contributed by atoms with E-state index in [1.54, 1.807) is 0 Å². The van der Waals surface area contributed by atoms with Gasteiger partial charge in [-0.25, -0.2) is 0 Å². The lowest BCUT2D eigenvalue weighted by Crippen LogP contribution is -2.22. The summed E-state index contributed by atoms with van der Waals surface area (Å²) in [6.45, 7) is 7.11. The number of fused-ring (bicyclic) bond motifs is 9. The molecule has 0 radical (unpaired) electrons. The second kappa shape index (κ2) is 13.3. The van der Waals surface area contributed by atoms with Crippen LogP contribution in [0, 0.1) is 0 Å². The average Bonchev–Trinajstić information content (AvgIpc) is 3.90. The van der Waals surface area contributed by atoms with Gasteiger partial charge in [0.05, 0.1) is 5.69 Å². The molecule has 9 aromatic carbocycles. The third-order valence-electron chi connectivity index (χ3n) is 13.8. The topological polar surface area (TPSA) is 16.4 Å². The van der Waals surface area contributed by atoms with Crippen molar-refractivity contribution in [1.82, 2.24) is 0 Å². The van der Waals surface area contributed by atoms with Gasteiger partial charge in [0.25, 0.3) is 0 Å². The van der Waals surface area contributed by atoms with Crippen LogP contribution in [0.15, 0.2) is 211 Å². The van der Waals surface area contributed by atoms with Gasteiger partial charge in [0.15, 0.2) is 0 Å². The van der Waals surface area contributed by atoms with E-state index in [1.165, 1.54) is 61.2 Å². The Hall–Kier alpha value is -7.42. The number of rotatable bonds is 6. The lowest BCUT2D eigenvalue weighted by Gasteiger charge is -2.31. The molecule has 0 spiro atoms. The fraction of sp³-hybridized carbons (Fsp3) is 0.0847. The molecule has 0 amide bonds. The third-order valence-corrected chi connectivity index (χ3v) is 13.8. The molecule has 61 heavy (non-hydrogen) atoms. The van der Waals surface area contributed by atoms with Crippen molar-refractivity contribution in [2.75, 3.05) is 4.90 Å². The van der Waals surface area contributed by atoms with Crippen molar-refractivity contribution in [1.29, 1.82) is 0 Å². The molecule has 2 aliphatic carbocycles. The predicted octanol–water partition coefficient (Wildman–Crippen LogP) is 16.0. The zero-order valence-electron chi connectivity index (χ0n) is 34.5. The quantitative estimate of drug-likeness (QED) is 0.167. The Balaban J connectivity index is 1.08. The first-order valence-corrected chi connectivity index (χ1v) is 21.3. The second-order valence-corrected chi connectivity index (χ2v) is 17.4. The molecule has 0 saturated carbocycles. The van der Waals surface area contributed by atoms with Gasteiger partial charge < -0.3 is 9.32 Å². The van der Waals surface area contributed by atoms with Crippen LogP contribution in [0.25, 0.3) is 66.4 Å². The summed E-state index contributed by atoms with van der Waals surface area (Å²) in [7, 11) is 0. The van der Waals surface area contributed by atoms with Gasteiger partial charge in [-0.3, -0.25) is 0 Å². The van der Waals surface area contributed by atoms with Gasteiger partial charge in [-0.2, -0.15) is 0 Å². The molecule has 2 nitrogen and oxygen atoms in total. The Morgan fingerprint density at radius 1 is 0.377 bits per heavy atom. The summed E-state index contributed by atoms with van der Waals surface area (Å²) >= 11 is 0. The first kappa shape index (κ1) is 35.5. The average molecular weight is 782 g/mol. The number of para-hydroxylation sites is 2. The lowest BCUT2D eigenvalue weighted by atomic mass is 9.74. The molecule has 0 N–H and O–H groups in total. The van der Waals surface area contributed by atoms with E-state index in [9.17, 15) is 0 Å². The van der Waals surface area contributed by atoms with Crippen molar-refractivity contribution < 1.29 is 4.42 Å². The minimum absolute atomic E-state index is 0.107. The van der Waals surface area contributed by atoms with E-state index >= 15 is 0 Å². The number of anilines is 3. The maximum atomic E-state index is 6.38. The molecule has 0 saturated heterocycles. The molecule has 1 aromatic heterocycles. The van der Waals surface area contributed by atoms with Gasteiger partial charge in [0.1, 0.15) is 11.2 Å². The summed E-state index contributed by atoms with van der Waals surface area (Å²) in [6.07, 6.45) is 0. The van der Waals surface area contributed by atoms with E-state index < -0.39 is 0 Å². The maximum absolute atomic E-state index is 6.38. The van der Waals surface area contributed by atoms with Crippen LogP contribution in [0.4, 0.5) is 17.1 Å². The van der Waals surface area contributed by atoms with E-state index in [0.717, 1.165) is 50.1 Å². The smallest absolute Gasteiger partial charge is 0.136 e. The number of benzene rings is 9. The summed E-state index contributed by atoms with van der Waals surface area (Å²) in [4.78, 5) is 2.48. The van der Waals surface area contributed by atoms with Gasteiger partial charge in [-0.05, 0) is 122 Å². The SMILES string of the molecule is CC1(C)c2ccccc2-c2c(-c3ccccc3N(c3cccc(-c4ccc5c(c4)oc4ccccc45)c3)c3ccc4c(c3)-c3ccccc3C4(C)c3ccccc3)cccc21. The highest BCUT2D eigenvalue weighted by atomic mass is 16.3. The highest BCUT2D eigenvalue weighted by molar-refractivity contribution is 6.06. The van der Waals surface area contributed by atoms with Crippen LogP contribution in [0.2, 0.25) is 0 Å². The van der Waals surface area contributed by atoms with Crippen LogP contribution < -0.4 is 4.90 Å². The minimum atomic E-state index is -0.283. The summed E-state index contributed by atoms with van der Waals surface area (Å²) in [5.41, 5.74) is 21.3. The molecule has 0 bridgehead atoms. The molecular weight excluding hydrogens is 739 g/mol. The van der Waals surface area contributed by atoms with E-state index in [2.05, 4.69) is 220 Å². The van der Waals surface area contributed by atoms with Crippen molar-refractivity contribution in [3.05, 3.63) is 234 Å². The highest BCUT2D eigenvalue weighted by Crippen LogP contribution is 2.56. The van der Waals surface area contributed by atoms with E-state index in [0.29, 0.717) is 0 Å². The van der Waals surface area contributed by atoms with Crippen molar-refractivity contribution in [2.45, 2.75) is 31.6 Å². The molecule has 12 rings (SSSR count). The molecule has 1 unspecified atom stereocenters. The Bertz CT molecular complexity index is 3370. The zero-order chi connectivity index (χ0) is 40.9. The highest BCUT2D eigenvalue weighted by Gasteiger charge is 2.41. The molecule has 1 atom stereocenters. The fourth-order valence-corrected chi connectivity index (χ4v) is 10.7. The first-order chi connectivity index (χ1) is 29.9. The lowest BCUT2D eigenvalue weighted by molar-refractivity contribution is 0.660. The van der Waals surface area contributed by atoms with Crippen LogP contribution >= 0.6 is 0 Å². The Labute approximate surface area is 357 Å². The number of furan rings is 1. The largest absolute Gasteiger partial charge is 0.456 e. The summed E-state index contributed by atoms with van der Waals surface area (Å²) in [5.74, 6) is 0. The molecule has 2 aliphatic rings. The predicted molar refractivity (Wildman–Crippen MR) is 254 cm³/mol. The van der Waals surface area contributed by atoms with E-state index in [4.69, 9.17) is 4.42 Å². The zero-order valence-corrected chi connectivity index (χ0v) is 34.5. The van der Waals surface area contributed by atoms with Crippen LogP contribution in [0.5, 0.6) is 0 Å². The second-order valence-electron chi connectivity index (χ2n) is 17.4. The number of hydrogen-bond donors (Lipinski definition) is 0. The van der Waals surface area contributed by atoms with Gasteiger partial charge in [0.2, 0.25) is 0 Å². The van der Waals surface area contributed by atoms with Crippen LogP contribution in [-0.2, 0) is 10.8 Å². The Kier molecular flexibility index (Phi) is 7.74. The molecule has 1 heterocycles. The van der Waals surface area contributed by atoms with Gasteiger partial charge in [-0.1, -0.05) is 172 Å². The standard InChI is InChI=1S/C59H43NO/c1-58(2)50-26-11-8-24-48(50)57-47(25-16-28-53(57)58)44-22-9-13-29-54(44)60(41-20-15-17-38(35-41)39-31-33-46-45-23-10-14-30-55(45)61-56(46)36-39)42-32-34-52-49(37-42)43-21-7-12-27-51(43)59(52,3)40-18-5-4-6-19-40/h4-37H,1-3H3. The summed E-state index contributed by atoms with van der Waals surface area (Å²) in [5, 5.41) is 2.27. The Morgan fingerprint density at radius 3 is 1.87 bits per heavy atom. The minimum Gasteiger partial charge on any atom is -0.456 e. The van der Waals surface area contributed by atoms with Gasteiger partial charge >= 0.3 is 0 Å². The molecule has 0 aliphatic heterocycles. The van der Waals surface area contributed by atoms with Gasteiger partial charge in [-0.15, -0.1) is 0 Å². The van der Waals surface area contributed by atoms with Crippen molar-refractivity contribution >= 4 is 39.0 Å². The molecule has 0 fully saturated rings. The number of hydrogen-bond acceptors (Lipinski definition) is 2.